The fraction of sp³-hybridized carbons (Fsp3) is 0.0909. The quantitative estimate of drug-likeness (QED) is 0.714. The molecular weight excluding hydrogens is 208 g/mol. The van der Waals surface area contributed by atoms with E-state index in [0.717, 1.165) is 0 Å². The first kappa shape index (κ1) is 10.2. The minimum absolute atomic E-state index is 0.0177. The van der Waals surface area contributed by atoms with Crippen LogP contribution in [0.3, 0.4) is 0 Å². The number of nitrogens with zero attached hydrogens (tertiary/aromatic N) is 1. The number of aromatic nitrogens is 1. The summed E-state index contributed by atoms with van der Waals surface area (Å²) in [5.74, 6) is -0.518. The zero-order chi connectivity index (χ0) is 11.7. The van der Waals surface area contributed by atoms with Crippen molar-refractivity contribution >= 4 is 17.2 Å². The van der Waals surface area contributed by atoms with Gasteiger partial charge in [0.15, 0.2) is 0 Å². The first-order valence-electron chi connectivity index (χ1n) is 4.63. The predicted molar refractivity (Wildman–Crippen MR) is 59.4 cm³/mol. The lowest BCUT2D eigenvalue weighted by Crippen LogP contribution is -2.20. The normalized spacial score (nSPS) is 10.3. The Hall–Kier alpha value is -2.30. The molecule has 0 atom stereocenters. The molecule has 0 aliphatic rings. The van der Waals surface area contributed by atoms with E-state index in [-0.39, 0.29) is 16.8 Å². The number of anilines is 1. The number of esters is 1. The number of ether oxygens (including phenoxy) is 1. The first-order valence-corrected chi connectivity index (χ1v) is 4.63. The van der Waals surface area contributed by atoms with Crippen LogP contribution in [-0.2, 0) is 4.74 Å². The molecule has 0 aliphatic carbocycles. The van der Waals surface area contributed by atoms with Gasteiger partial charge in [0.1, 0.15) is 0 Å². The van der Waals surface area contributed by atoms with Crippen molar-refractivity contribution in [3.8, 4) is 0 Å². The second-order valence-corrected chi connectivity index (χ2v) is 3.27. The van der Waals surface area contributed by atoms with Gasteiger partial charge < -0.3 is 10.5 Å². The van der Waals surface area contributed by atoms with Gasteiger partial charge in [-0.2, -0.15) is 0 Å². The molecule has 0 unspecified atom stereocenters. The number of nitrogen functional groups attached to an aromatic ring is 1. The summed E-state index contributed by atoms with van der Waals surface area (Å²) >= 11 is 0. The van der Waals surface area contributed by atoms with Gasteiger partial charge in [-0.05, 0) is 18.2 Å². The van der Waals surface area contributed by atoms with Crippen molar-refractivity contribution < 1.29 is 9.53 Å². The highest BCUT2D eigenvalue weighted by atomic mass is 16.5. The Labute approximate surface area is 91.1 Å². The highest BCUT2D eigenvalue weighted by Gasteiger charge is 2.13. The van der Waals surface area contributed by atoms with Crippen LogP contribution in [0.4, 0.5) is 5.69 Å². The molecule has 0 radical (unpaired) electrons. The third kappa shape index (κ3) is 1.42. The maximum atomic E-state index is 11.7. The van der Waals surface area contributed by atoms with E-state index in [1.165, 1.54) is 17.6 Å². The summed E-state index contributed by atoms with van der Waals surface area (Å²) in [5.41, 5.74) is 5.97. The number of methoxy groups -OCH3 is 1. The topological polar surface area (TPSA) is 73.8 Å². The van der Waals surface area contributed by atoms with E-state index >= 15 is 0 Å². The van der Waals surface area contributed by atoms with Gasteiger partial charge >= 0.3 is 5.97 Å². The first-order chi connectivity index (χ1) is 7.65. The number of carbonyl (C=O) groups excluding carboxylic acids is 1. The van der Waals surface area contributed by atoms with Crippen LogP contribution in [-0.4, -0.2) is 17.5 Å². The van der Waals surface area contributed by atoms with E-state index in [1.807, 2.05) is 0 Å². The van der Waals surface area contributed by atoms with Crippen LogP contribution in [0.25, 0.3) is 5.52 Å². The maximum Gasteiger partial charge on any atom is 0.340 e. The smallest absolute Gasteiger partial charge is 0.340 e. The van der Waals surface area contributed by atoms with E-state index in [1.54, 1.807) is 24.4 Å². The van der Waals surface area contributed by atoms with Gasteiger partial charge in [-0.3, -0.25) is 9.20 Å². The number of hydrogen-bond donors (Lipinski definition) is 1. The number of fused-ring (bicyclic) bond motifs is 1. The lowest BCUT2D eigenvalue weighted by atomic mass is 10.2. The van der Waals surface area contributed by atoms with Crippen LogP contribution in [0.15, 0.2) is 35.3 Å². The summed E-state index contributed by atoms with van der Waals surface area (Å²) in [6.45, 7) is 0. The van der Waals surface area contributed by atoms with Gasteiger partial charge in [-0.1, -0.05) is 6.07 Å². The van der Waals surface area contributed by atoms with E-state index in [2.05, 4.69) is 4.74 Å². The molecule has 0 bridgehead atoms. The van der Waals surface area contributed by atoms with Crippen molar-refractivity contribution in [2.45, 2.75) is 0 Å². The molecule has 0 saturated carbocycles. The fourth-order valence-electron chi connectivity index (χ4n) is 1.54. The molecule has 2 N–H and O–H groups in total. The molecule has 2 rings (SSSR count). The third-order valence-electron chi connectivity index (χ3n) is 2.31. The van der Waals surface area contributed by atoms with E-state index in [9.17, 15) is 9.59 Å². The van der Waals surface area contributed by atoms with Crippen molar-refractivity contribution in [2.24, 2.45) is 0 Å². The molecule has 82 valence electrons. The highest BCUT2D eigenvalue weighted by Crippen LogP contribution is 2.12. The van der Waals surface area contributed by atoms with Crippen molar-refractivity contribution in [3.63, 3.8) is 0 Å². The minimum atomic E-state index is -0.518. The Bertz CT molecular complexity index is 616. The summed E-state index contributed by atoms with van der Waals surface area (Å²) < 4.78 is 5.95. The van der Waals surface area contributed by atoms with Gasteiger partial charge in [0, 0.05) is 6.20 Å². The van der Waals surface area contributed by atoms with E-state index in [0.29, 0.717) is 5.52 Å². The van der Waals surface area contributed by atoms with Gasteiger partial charge in [-0.25, -0.2) is 4.79 Å². The van der Waals surface area contributed by atoms with Crippen LogP contribution < -0.4 is 11.3 Å². The lowest BCUT2D eigenvalue weighted by Gasteiger charge is -2.06. The average Bonchev–Trinajstić information content (AvgIpc) is 2.33. The number of carbonyl (C=O) groups is 1. The molecule has 2 aromatic heterocycles. The van der Waals surface area contributed by atoms with Crippen molar-refractivity contribution in [1.29, 1.82) is 0 Å². The molecule has 0 spiro atoms. The molecule has 2 heterocycles. The molecule has 5 heteroatoms. The van der Waals surface area contributed by atoms with Gasteiger partial charge in [-0.15, -0.1) is 0 Å². The summed E-state index contributed by atoms with van der Waals surface area (Å²) in [6.07, 6.45) is 1.56. The molecule has 0 fully saturated rings. The Morgan fingerprint density at radius 3 is 2.88 bits per heavy atom. The van der Waals surface area contributed by atoms with Crippen molar-refractivity contribution in [3.05, 3.63) is 46.4 Å². The molecule has 0 amide bonds. The molecule has 0 saturated heterocycles. The van der Waals surface area contributed by atoms with Crippen LogP contribution in [0.2, 0.25) is 0 Å². The molecule has 16 heavy (non-hydrogen) atoms. The second-order valence-electron chi connectivity index (χ2n) is 3.27. The summed E-state index contributed by atoms with van der Waals surface area (Å²) in [6, 6.07) is 6.42. The number of rotatable bonds is 1. The van der Waals surface area contributed by atoms with Crippen molar-refractivity contribution in [1.82, 2.24) is 4.40 Å². The van der Waals surface area contributed by atoms with Gasteiger partial charge in [0.25, 0.3) is 5.56 Å². The van der Waals surface area contributed by atoms with E-state index < -0.39 is 5.97 Å². The fourth-order valence-corrected chi connectivity index (χ4v) is 1.54. The van der Waals surface area contributed by atoms with Crippen molar-refractivity contribution in [2.75, 3.05) is 12.8 Å². The molecular formula is C11H10N2O3. The zero-order valence-electron chi connectivity index (χ0n) is 8.64. The van der Waals surface area contributed by atoms with Crippen LogP contribution >= 0.6 is 0 Å². The highest BCUT2D eigenvalue weighted by molar-refractivity contribution is 5.97. The minimum Gasteiger partial charge on any atom is -0.465 e. The van der Waals surface area contributed by atoms with Gasteiger partial charge in [0.2, 0.25) is 0 Å². The molecule has 2 aromatic rings. The second kappa shape index (κ2) is 3.69. The van der Waals surface area contributed by atoms with Crippen LogP contribution in [0.5, 0.6) is 0 Å². The Morgan fingerprint density at radius 1 is 1.44 bits per heavy atom. The van der Waals surface area contributed by atoms with E-state index in [4.69, 9.17) is 5.73 Å². The summed E-state index contributed by atoms with van der Waals surface area (Å²) in [5, 5.41) is 0. The molecule has 0 aliphatic heterocycles. The molecule has 0 aromatic carbocycles. The summed E-state index contributed by atoms with van der Waals surface area (Å²) in [4.78, 5) is 23.2. The Morgan fingerprint density at radius 2 is 2.19 bits per heavy atom. The Balaban J connectivity index is 2.90. The number of pyridine rings is 2. The SMILES string of the molecule is COC(=O)c1cc(N)c(=O)n2ccccc12. The molecule has 5 nitrogen and oxygen atoms in total. The number of nitrogens with two attached hydrogens (primary N) is 1. The maximum absolute atomic E-state index is 11.7. The lowest BCUT2D eigenvalue weighted by molar-refractivity contribution is 0.0602. The average molecular weight is 218 g/mol. The third-order valence-corrected chi connectivity index (χ3v) is 2.31. The number of hydrogen-bond acceptors (Lipinski definition) is 4. The standard InChI is InChI=1S/C11H10N2O3/c1-16-11(15)7-6-8(12)10(14)13-5-3-2-4-9(7)13/h2-6H,12H2,1H3. The summed E-state index contributed by atoms with van der Waals surface area (Å²) in [7, 11) is 1.28. The zero-order valence-corrected chi connectivity index (χ0v) is 8.64. The predicted octanol–water partition coefficient (Wildman–Crippen LogP) is 0.668. The van der Waals surface area contributed by atoms with Crippen LogP contribution in [0.1, 0.15) is 10.4 Å². The largest absolute Gasteiger partial charge is 0.465 e. The monoisotopic (exact) mass is 218 g/mol. The van der Waals surface area contributed by atoms with Crippen LogP contribution in [0, 0.1) is 0 Å². The van der Waals surface area contributed by atoms with Gasteiger partial charge in [0.05, 0.1) is 23.9 Å². The Kier molecular flexibility index (Phi) is 2.36.